The number of phenols is 2. The predicted octanol–water partition coefficient (Wildman–Crippen LogP) is 4.98. The van der Waals surface area contributed by atoms with E-state index in [1.54, 1.807) is 11.4 Å². The zero-order chi connectivity index (χ0) is 23.1. The van der Waals surface area contributed by atoms with E-state index in [4.69, 9.17) is 12.2 Å². The highest BCUT2D eigenvalue weighted by Gasteiger charge is 2.19. The zero-order valence-electron chi connectivity index (χ0n) is 17.3. The molecule has 1 aliphatic carbocycles. The second-order valence-electron chi connectivity index (χ2n) is 7.25. The molecule has 0 spiro atoms. The van der Waals surface area contributed by atoms with Gasteiger partial charge < -0.3 is 15.5 Å². The van der Waals surface area contributed by atoms with E-state index in [1.807, 2.05) is 48.6 Å². The van der Waals surface area contributed by atoms with Crippen molar-refractivity contribution in [2.24, 2.45) is 0 Å². The number of phenolic OH excluding ortho intramolecular Hbond substituents is 2. The van der Waals surface area contributed by atoms with Crippen molar-refractivity contribution in [2.75, 3.05) is 0 Å². The third-order valence-corrected chi connectivity index (χ3v) is 5.23. The number of rotatable bonds is 7. The average Bonchev–Trinajstić information content (AvgIpc) is 2.80. The third kappa shape index (κ3) is 5.20. The molecular weight excluding hydrogens is 420 g/mol. The molecule has 0 fully saturated rings. The van der Waals surface area contributed by atoms with Crippen LogP contribution < -0.4 is 5.32 Å². The minimum Gasteiger partial charge on any atom is -0.504 e. The lowest BCUT2D eigenvalue weighted by atomic mass is 9.86. The highest BCUT2D eigenvalue weighted by Crippen LogP contribution is 2.41. The van der Waals surface area contributed by atoms with E-state index in [0.29, 0.717) is 29.5 Å². The number of allylic oxidation sites excluding steroid dienone is 5. The van der Waals surface area contributed by atoms with Crippen molar-refractivity contribution >= 4 is 35.1 Å². The Morgan fingerprint density at radius 1 is 1.25 bits per heavy atom. The second kappa shape index (κ2) is 10.4. The Bertz CT molecular complexity index is 1200. The molecule has 160 valence electrons. The topological polar surface area (TPSA) is 93.4 Å². The van der Waals surface area contributed by atoms with Crippen molar-refractivity contribution in [3.63, 3.8) is 0 Å². The maximum Gasteiger partial charge on any atom is 0.262 e. The van der Waals surface area contributed by atoms with Crippen molar-refractivity contribution in [2.45, 2.75) is 19.4 Å². The molecule has 0 aliphatic heterocycles. The highest BCUT2D eigenvalue weighted by molar-refractivity contribution is 7.79. The number of carbonyl (C=O) groups is 1. The fourth-order valence-electron chi connectivity index (χ4n) is 3.44. The van der Waals surface area contributed by atoms with Crippen molar-refractivity contribution in [3.05, 3.63) is 94.6 Å². The number of thiocarbonyl (C=S) groups is 1. The summed E-state index contributed by atoms with van der Waals surface area (Å²) in [6.07, 6.45) is 6.31. The van der Waals surface area contributed by atoms with Crippen LogP contribution in [-0.2, 0) is 11.3 Å². The quantitative estimate of drug-likeness (QED) is 0.243. The van der Waals surface area contributed by atoms with Gasteiger partial charge in [-0.3, -0.25) is 4.79 Å². The van der Waals surface area contributed by atoms with E-state index in [2.05, 4.69) is 11.9 Å². The van der Waals surface area contributed by atoms with Crippen LogP contribution in [0.4, 0.5) is 0 Å². The zero-order valence-corrected chi connectivity index (χ0v) is 18.2. The number of hydrogen-bond donors (Lipinski definition) is 3. The number of nitrogens with zero attached hydrogens (tertiary/aromatic N) is 1. The molecule has 5 nitrogen and oxygen atoms in total. The Morgan fingerprint density at radius 2 is 2.00 bits per heavy atom. The number of carbonyl (C=O) groups excluding carboxylic acids is 1. The molecule has 0 radical (unpaired) electrons. The second-order valence-corrected chi connectivity index (χ2v) is 7.58. The normalized spacial score (nSPS) is 13.6. The van der Waals surface area contributed by atoms with Crippen LogP contribution in [0.25, 0.3) is 11.6 Å². The number of nitriles is 1. The first kappa shape index (κ1) is 22.7. The van der Waals surface area contributed by atoms with Crippen LogP contribution in [0.1, 0.15) is 29.5 Å². The molecule has 1 amide bonds. The van der Waals surface area contributed by atoms with E-state index in [-0.39, 0.29) is 23.6 Å². The van der Waals surface area contributed by atoms with Gasteiger partial charge in [0.15, 0.2) is 11.5 Å². The third-order valence-electron chi connectivity index (χ3n) is 5.06. The Morgan fingerprint density at radius 3 is 2.69 bits per heavy atom. The largest absolute Gasteiger partial charge is 0.504 e. The van der Waals surface area contributed by atoms with Crippen LogP contribution >= 0.6 is 12.2 Å². The van der Waals surface area contributed by atoms with E-state index in [9.17, 15) is 20.3 Å². The van der Waals surface area contributed by atoms with Crippen molar-refractivity contribution in [1.29, 1.82) is 5.26 Å². The summed E-state index contributed by atoms with van der Waals surface area (Å²) < 4.78 is 0. The number of benzene rings is 2. The number of nitrogens with one attached hydrogen (secondary N) is 1. The molecular formula is C26H22N2O3S. The minimum atomic E-state index is -0.531. The van der Waals surface area contributed by atoms with Gasteiger partial charge in [0.1, 0.15) is 11.6 Å². The standard InChI is InChI=1S/C26H22N2O3S/c1-17-6-5-9-22(21(17)10-11-32)23-13-19(14-24(29)25(23)30)12-20(15-27)26(31)28-16-18-7-3-2-4-8-18/h2-5,7-9,11-14,29-30H,1,6,10,16H2,(H,28,31). The van der Waals surface area contributed by atoms with Crippen molar-refractivity contribution in [1.82, 2.24) is 5.32 Å². The molecule has 0 aromatic heterocycles. The molecule has 32 heavy (non-hydrogen) atoms. The van der Waals surface area contributed by atoms with Crippen molar-refractivity contribution < 1.29 is 15.0 Å². The first-order chi connectivity index (χ1) is 15.4. The smallest absolute Gasteiger partial charge is 0.262 e. The lowest BCUT2D eigenvalue weighted by Gasteiger charge is -2.19. The molecule has 2 aromatic rings. The van der Waals surface area contributed by atoms with Gasteiger partial charge in [-0.1, -0.05) is 61.3 Å². The van der Waals surface area contributed by atoms with Crippen molar-refractivity contribution in [3.8, 4) is 17.6 Å². The summed E-state index contributed by atoms with van der Waals surface area (Å²) in [4.78, 5) is 12.5. The monoisotopic (exact) mass is 442 g/mol. The molecule has 0 saturated carbocycles. The van der Waals surface area contributed by atoms with Crippen LogP contribution in [0.2, 0.25) is 0 Å². The summed E-state index contributed by atoms with van der Waals surface area (Å²) in [5.74, 6) is -1.17. The van der Waals surface area contributed by atoms with Gasteiger partial charge >= 0.3 is 0 Å². The fraction of sp³-hybridized carbons (Fsp3) is 0.115. The molecule has 0 unspecified atom stereocenters. The summed E-state index contributed by atoms with van der Waals surface area (Å²) in [6, 6.07) is 14.2. The van der Waals surface area contributed by atoms with Crippen LogP contribution in [0.15, 0.2) is 77.9 Å². The lowest BCUT2D eigenvalue weighted by molar-refractivity contribution is -0.117. The molecule has 0 atom stereocenters. The van der Waals surface area contributed by atoms with E-state index >= 15 is 0 Å². The van der Waals surface area contributed by atoms with Gasteiger partial charge in [-0.25, -0.2) is 0 Å². The number of hydrogen-bond acceptors (Lipinski definition) is 5. The summed E-state index contributed by atoms with van der Waals surface area (Å²) >= 11 is 5.01. The molecule has 0 bridgehead atoms. The molecule has 3 rings (SSSR count). The van der Waals surface area contributed by atoms with Crippen LogP contribution in [0.3, 0.4) is 0 Å². The summed E-state index contributed by atoms with van der Waals surface area (Å²) in [7, 11) is 0. The Balaban J connectivity index is 1.96. The molecule has 1 aliphatic rings. The maximum atomic E-state index is 12.5. The first-order valence-corrected chi connectivity index (χ1v) is 10.4. The maximum absolute atomic E-state index is 12.5. The summed E-state index contributed by atoms with van der Waals surface area (Å²) in [5.41, 5.74) is 4.01. The molecule has 3 N–H and O–H groups in total. The van der Waals surface area contributed by atoms with Gasteiger partial charge in [-0.15, -0.1) is 0 Å². The Hall–Kier alpha value is -3.95. The van der Waals surface area contributed by atoms with Gasteiger partial charge in [0.2, 0.25) is 0 Å². The van der Waals surface area contributed by atoms with E-state index in [0.717, 1.165) is 16.7 Å². The van der Waals surface area contributed by atoms with Gasteiger partial charge in [0.25, 0.3) is 5.91 Å². The molecule has 2 aromatic carbocycles. The van der Waals surface area contributed by atoms with E-state index < -0.39 is 5.91 Å². The van der Waals surface area contributed by atoms with Gasteiger partial charge in [-0.05, 0) is 57.8 Å². The van der Waals surface area contributed by atoms with Crippen LogP contribution in [0.5, 0.6) is 11.5 Å². The lowest BCUT2D eigenvalue weighted by Crippen LogP contribution is -2.23. The average molecular weight is 443 g/mol. The fourth-order valence-corrected chi connectivity index (χ4v) is 3.61. The first-order valence-electron chi connectivity index (χ1n) is 9.96. The van der Waals surface area contributed by atoms with Gasteiger partial charge in [-0.2, -0.15) is 5.26 Å². The molecule has 6 heteroatoms. The number of amides is 1. The Labute approximate surface area is 192 Å². The SMILES string of the molecule is C=C1CC=CC(c2cc(C=C(C#N)C(=O)NCc3ccccc3)cc(O)c2O)=C1CC=S. The van der Waals surface area contributed by atoms with E-state index in [1.165, 1.54) is 12.1 Å². The predicted molar refractivity (Wildman–Crippen MR) is 130 cm³/mol. The highest BCUT2D eigenvalue weighted by atomic mass is 32.1. The van der Waals surface area contributed by atoms with Gasteiger partial charge in [0, 0.05) is 18.5 Å². The summed E-state index contributed by atoms with van der Waals surface area (Å²) in [5, 5.41) is 34.6. The molecule has 0 heterocycles. The summed E-state index contributed by atoms with van der Waals surface area (Å²) in [6.45, 7) is 4.35. The van der Waals surface area contributed by atoms with Crippen LogP contribution in [0, 0.1) is 11.3 Å². The van der Waals surface area contributed by atoms with Crippen LogP contribution in [-0.4, -0.2) is 21.5 Å². The minimum absolute atomic E-state index is 0.117. The Kier molecular flexibility index (Phi) is 7.37. The number of aromatic hydroxyl groups is 2. The molecule has 0 saturated heterocycles. The van der Waals surface area contributed by atoms with Gasteiger partial charge in [0.05, 0.1) is 0 Å².